The highest BCUT2D eigenvalue weighted by Gasteiger charge is 2.17. The van der Waals surface area contributed by atoms with Crippen LogP contribution in [0.3, 0.4) is 0 Å². The molecule has 2 aromatic carbocycles. The van der Waals surface area contributed by atoms with E-state index in [4.69, 9.17) is 16.3 Å². The Morgan fingerprint density at radius 2 is 1.85 bits per heavy atom. The van der Waals surface area contributed by atoms with Crippen LogP contribution in [-0.2, 0) is 0 Å². The molecule has 0 fully saturated rings. The van der Waals surface area contributed by atoms with Crippen LogP contribution in [0.2, 0.25) is 5.02 Å². The van der Waals surface area contributed by atoms with E-state index in [1.54, 1.807) is 12.1 Å². The first kappa shape index (κ1) is 18.5. The lowest BCUT2D eigenvalue weighted by atomic mass is 10.00. The lowest BCUT2D eigenvalue weighted by Crippen LogP contribution is -1.98. The van der Waals surface area contributed by atoms with Crippen molar-refractivity contribution in [3.8, 4) is 23.0 Å². The van der Waals surface area contributed by atoms with E-state index in [2.05, 4.69) is 11.6 Å². The van der Waals surface area contributed by atoms with Gasteiger partial charge in [-0.1, -0.05) is 18.2 Å². The molecule has 0 aliphatic carbocycles. The average Bonchev–Trinajstić information content (AvgIpc) is 2.65. The Hall–Kier alpha value is -3.25. The fraction of sp³-hybridized carbons (Fsp3) is 0.100. The number of pyridine rings is 1. The Bertz CT molecular complexity index is 1110. The van der Waals surface area contributed by atoms with Crippen LogP contribution in [0.5, 0.6) is 23.0 Å². The van der Waals surface area contributed by atoms with Crippen molar-refractivity contribution >= 4 is 33.9 Å². The van der Waals surface area contributed by atoms with Gasteiger partial charge in [0, 0.05) is 16.5 Å². The molecule has 138 valence electrons. The third-order valence-electron chi connectivity index (χ3n) is 4.22. The lowest BCUT2D eigenvalue weighted by molar-refractivity contribution is 0.101. The number of ketones is 1. The summed E-state index contributed by atoms with van der Waals surface area (Å²) in [6.07, 6.45) is 0. The molecule has 7 heteroatoms. The highest BCUT2D eigenvalue weighted by molar-refractivity contribution is 6.34. The number of carbonyl (C=O) groups excluding carboxylic acids is 1. The number of aromatic hydroxyl groups is 3. The van der Waals surface area contributed by atoms with Crippen molar-refractivity contribution < 1.29 is 24.9 Å². The van der Waals surface area contributed by atoms with Gasteiger partial charge in [0.25, 0.3) is 0 Å². The third kappa shape index (κ3) is 3.15. The van der Waals surface area contributed by atoms with Gasteiger partial charge in [-0.25, -0.2) is 4.98 Å². The van der Waals surface area contributed by atoms with Crippen LogP contribution in [0.25, 0.3) is 16.5 Å². The van der Waals surface area contributed by atoms with Gasteiger partial charge in [-0.05, 0) is 42.8 Å². The van der Waals surface area contributed by atoms with Gasteiger partial charge < -0.3 is 20.1 Å². The zero-order chi connectivity index (χ0) is 19.9. The number of Topliss-reactive ketones (excluding diaryl/α,β-unsaturated/α-hetero) is 1. The van der Waals surface area contributed by atoms with Crippen molar-refractivity contribution in [2.24, 2.45) is 0 Å². The maximum absolute atomic E-state index is 11.9. The third-order valence-corrected chi connectivity index (χ3v) is 4.51. The summed E-state index contributed by atoms with van der Waals surface area (Å²) in [5, 5.41) is 30.4. The molecular weight excluding hydrogens is 370 g/mol. The van der Waals surface area contributed by atoms with Gasteiger partial charge in [0.1, 0.15) is 5.52 Å². The van der Waals surface area contributed by atoms with Crippen LogP contribution in [0.1, 0.15) is 28.5 Å². The Labute approximate surface area is 159 Å². The molecule has 6 nitrogen and oxygen atoms in total. The molecule has 0 radical (unpaired) electrons. The van der Waals surface area contributed by atoms with Crippen molar-refractivity contribution in [3.05, 3.63) is 58.8 Å². The Kier molecular flexibility index (Phi) is 4.68. The molecular formula is C20H16ClNO5. The zero-order valence-corrected chi connectivity index (χ0v) is 15.3. The summed E-state index contributed by atoms with van der Waals surface area (Å²) in [6, 6.07) is 7.52. The van der Waals surface area contributed by atoms with Crippen LogP contribution in [0, 0.1) is 0 Å². The number of nitrogens with zero attached hydrogens (tertiary/aromatic N) is 1. The number of ether oxygens (including phenoxy) is 1. The largest absolute Gasteiger partial charge is 0.504 e. The van der Waals surface area contributed by atoms with Crippen LogP contribution in [0.4, 0.5) is 0 Å². The van der Waals surface area contributed by atoms with Crippen molar-refractivity contribution in [3.63, 3.8) is 0 Å². The normalized spacial score (nSPS) is 10.8. The summed E-state index contributed by atoms with van der Waals surface area (Å²) in [7, 11) is 1.36. The van der Waals surface area contributed by atoms with Crippen molar-refractivity contribution in [1.29, 1.82) is 0 Å². The molecule has 0 atom stereocenters. The Balaban J connectivity index is 2.18. The maximum atomic E-state index is 11.9. The summed E-state index contributed by atoms with van der Waals surface area (Å²) in [4.78, 5) is 16.2. The molecule has 3 N–H and O–H groups in total. The van der Waals surface area contributed by atoms with E-state index in [1.807, 2.05) is 0 Å². The topological polar surface area (TPSA) is 99.9 Å². The number of hydrogen-bond acceptors (Lipinski definition) is 6. The number of fused-ring (bicyclic) bond motifs is 1. The van der Waals surface area contributed by atoms with Gasteiger partial charge in [-0.3, -0.25) is 4.79 Å². The minimum absolute atomic E-state index is 0.0203. The highest BCUT2D eigenvalue weighted by Crippen LogP contribution is 2.40. The molecule has 1 heterocycles. The molecule has 27 heavy (non-hydrogen) atoms. The van der Waals surface area contributed by atoms with Crippen molar-refractivity contribution in [2.75, 3.05) is 7.11 Å². The van der Waals surface area contributed by atoms with E-state index in [-0.39, 0.29) is 39.3 Å². The van der Waals surface area contributed by atoms with E-state index < -0.39 is 0 Å². The van der Waals surface area contributed by atoms with Gasteiger partial charge in [0.2, 0.25) is 5.75 Å². The molecule has 0 aliphatic heterocycles. The smallest absolute Gasteiger partial charge is 0.200 e. The molecule has 3 rings (SSSR count). The van der Waals surface area contributed by atoms with Crippen molar-refractivity contribution in [1.82, 2.24) is 4.98 Å². The molecule has 0 unspecified atom stereocenters. The molecule has 0 aliphatic rings. The molecule has 0 bridgehead atoms. The first-order valence-corrected chi connectivity index (χ1v) is 8.25. The fourth-order valence-corrected chi connectivity index (χ4v) is 2.97. The summed E-state index contributed by atoms with van der Waals surface area (Å²) in [5.74, 6) is -1.11. The maximum Gasteiger partial charge on any atom is 0.200 e. The quantitative estimate of drug-likeness (QED) is 0.458. The number of methoxy groups -OCH3 is 1. The zero-order valence-electron chi connectivity index (χ0n) is 14.6. The van der Waals surface area contributed by atoms with Gasteiger partial charge in [0.05, 0.1) is 17.8 Å². The number of carbonyl (C=O) groups is 1. The van der Waals surface area contributed by atoms with E-state index in [0.29, 0.717) is 27.8 Å². The molecule has 0 saturated carbocycles. The number of phenolic OH excluding ortho intramolecular Hbond substituents is 3. The number of rotatable bonds is 4. The summed E-state index contributed by atoms with van der Waals surface area (Å²) < 4.78 is 5.03. The Morgan fingerprint density at radius 3 is 2.48 bits per heavy atom. The van der Waals surface area contributed by atoms with E-state index in [0.717, 1.165) is 0 Å². The van der Waals surface area contributed by atoms with Crippen LogP contribution < -0.4 is 4.74 Å². The number of phenols is 3. The number of halogens is 1. The monoisotopic (exact) mass is 385 g/mol. The van der Waals surface area contributed by atoms with E-state index in [9.17, 15) is 20.1 Å². The SMILES string of the molecule is C=C(c1cc(O)c(O)c(OC)c1)c1ccc2c(C(C)=O)cc(Cl)c(O)c2n1. The van der Waals surface area contributed by atoms with Gasteiger partial charge in [-0.15, -0.1) is 0 Å². The van der Waals surface area contributed by atoms with Gasteiger partial charge in [0.15, 0.2) is 23.0 Å². The van der Waals surface area contributed by atoms with Gasteiger partial charge in [-0.2, -0.15) is 0 Å². The minimum Gasteiger partial charge on any atom is -0.504 e. The number of hydrogen-bond donors (Lipinski definition) is 3. The van der Waals surface area contributed by atoms with E-state index in [1.165, 1.54) is 32.2 Å². The molecule has 1 aromatic heterocycles. The lowest BCUT2D eigenvalue weighted by Gasteiger charge is -2.13. The highest BCUT2D eigenvalue weighted by atomic mass is 35.5. The summed E-state index contributed by atoms with van der Waals surface area (Å²) in [6.45, 7) is 5.37. The molecule has 3 aromatic rings. The summed E-state index contributed by atoms with van der Waals surface area (Å²) >= 11 is 6.02. The standard InChI is InChI=1S/C20H16ClNO5/c1-9(11-6-16(24)20(26)17(7-11)27-3)15-5-4-12-13(10(2)23)8-14(21)19(25)18(12)22-15/h4-8,24-26H,1H2,2-3H3. The number of aromatic nitrogens is 1. The van der Waals surface area contributed by atoms with Crippen LogP contribution in [-0.4, -0.2) is 33.2 Å². The predicted octanol–water partition coefficient (Wildman–Crippen LogP) is 4.28. The molecule has 0 amide bonds. The van der Waals surface area contributed by atoms with Crippen LogP contribution >= 0.6 is 11.6 Å². The fourth-order valence-electron chi connectivity index (χ4n) is 2.77. The average molecular weight is 386 g/mol. The summed E-state index contributed by atoms with van der Waals surface area (Å²) in [5.41, 5.74) is 1.78. The van der Waals surface area contributed by atoms with Crippen molar-refractivity contribution in [2.45, 2.75) is 6.92 Å². The second-order valence-electron chi connectivity index (χ2n) is 5.93. The minimum atomic E-state index is -0.379. The first-order valence-electron chi connectivity index (χ1n) is 7.87. The van der Waals surface area contributed by atoms with Crippen LogP contribution in [0.15, 0.2) is 36.9 Å². The Morgan fingerprint density at radius 1 is 1.15 bits per heavy atom. The van der Waals surface area contributed by atoms with E-state index >= 15 is 0 Å². The second kappa shape index (κ2) is 6.81. The second-order valence-corrected chi connectivity index (χ2v) is 6.34. The molecule has 0 spiro atoms. The molecule has 0 saturated heterocycles. The predicted molar refractivity (Wildman–Crippen MR) is 103 cm³/mol. The van der Waals surface area contributed by atoms with Gasteiger partial charge >= 0.3 is 0 Å². The number of benzene rings is 2. The first-order chi connectivity index (χ1) is 12.7.